The Morgan fingerprint density at radius 3 is 2.29 bits per heavy atom. The molecular formula is C13H17BrN2O. The Bertz CT molecular complexity index is 455. The molecule has 3 nitrogen and oxygen atoms in total. The van der Waals surface area contributed by atoms with Crippen LogP contribution in [0.2, 0.25) is 0 Å². The molecule has 0 radical (unpaired) electrons. The SMILES string of the molecule is CC(C)(O)C(C)(C)Nc1ccc(C#N)cc1Br. The summed E-state index contributed by atoms with van der Waals surface area (Å²) in [5, 5.41) is 22.1. The van der Waals surface area contributed by atoms with Crippen molar-refractivity contribution in [3.63, 3.8) is 0 Å². The molecular weight excluding hydrogens is 280 g/mol. The van der Waals surface area contributed by atoms with Gasteiger partial charge in [0.1, 0.15) is 0 Å². The normalized spacial score (nSPS) is 12.1. The minimum absolute atomic E-state index is 0.482. The molecule has 0 saturated carbocycles. The maximum atomic E-state index is 10.1. The molecule has 2 N–H and O–H groups in total. The molecule has 0 saturated heterocycles. The molecule has 0 amide bonds. The molecule has 0 fully saturated rings. The highest BCUT2D eigenvalue weighted by Gasteiger charge is 2.35. The first-order valence-corrected chi connectivity index (χ1v) is 6.17. The summed E-state index contributed by atoms with van der Waals surface area (Å²) in [6, 6.07) is 7.41. The second-order valence-electron chi connectivity index (χ2n) is 5.12. The van der Waals surface area contributed by atoms with E-state index in [1.54, 1.807) is 26.0 Å². The number of rotatable bonds is 3. The Morgan fingerprint density at radius 2 is 1.88 bits per heavy atom. The van der Waals surface area contributed by atoms with Crippen LogP contribution in [0.1, 0.15) is 33.3 Å². The topological polar surface area (TPSA) is 56.0 Å². The lowest BCUT2D eigenvalue weighted by molar-refractivity contribution is 0.0240. The summed E-state index contributed by atoms with van der Waals surface area (Å²) in [4.78, 5) is 0. The van der Waals surface area contributed by atoms with Gasteiger partial charge < -0.3 is 10.4 Å². The van der Waals surface area contributed by atoms with Gasteiger partial charge in [-0.2, -0.15) is 5.26 Å². The molecule has 0 spiro atoms. The third-order valence-corrected chi connectivity index (χ3v) is 3.73. The minimum Gasteiger partial charge on any atom is -0.388 e. The van der Waals surface area contributed by atoms with Crippen LogP contribution in [-0.4, -0.2) is 16.2 Å². The van der Waals surface area contributed by atoms with Crippen LogP contribution in [0.3, 0.4) is 0 Å². The minimum atomic E-state index is -0.861. The van der Waals surface area contributed by atoms with Crippen molar-refractivity contribution in [3.05, 3.63) is 28.2 Å². The van der Waals surface area contributed by atoms with Crippen molar-refractivity contribution in [1.29, 1.82) is 5.26 Å². The van der Waals surface area contributed by atoms with Gasteiger partial charge in [-0.1, -0.05) is 0 Å². The summed E-state index contributed by atoms with van der Waals surface area (Å²) >= 11 is 3.41. The Labute approximate surface area is 111 Å². The van der Waals surface area contributed by atoms with Gasteiger partial charge in [0.15, 0.2) is 0 Å². The first-order chi connectivity index (χ1) is 7.67. The predicted molar refractivity (Wildman–Crippen MR) is 72.9 cm³/mol. The van der Waals surface area contributed by atoms with E-state index < -0.39 is 11.1 Å². The molecule has 0 aromatic heterocycles. The Morgan fingerprint density at radius 1 is 1.29 bits per heavy atom. The summed E-state index contributed by atoms with van der Waals surface area (Å²) in [5.41, 5.74) is 0.115. The number of nitrogens with zero attached hydrogens (tertiary/aromatic N) is 1. The first kappa shape index (κ1) is 14.0. The smallest absolute Gasteiger partial charge is 0.0992 e. The third kappa shape index (κ3) is 3.21. The Balaban J connectivity index is 3.02. The van der Waals surface area contributed by atoms with Gasteiger partial charge in [0.05, 0.1) is 22.8 Å². The molecule has 1 aromatic rings. The van der Waals surface area contributed by atoms with Crippen LogP contribution in [0, 0.1) is 11.3 Å². The maximum absolute atomic E-state index is 10.1. The van der Waals surface area contributed by atoms with Gasteiger partial charge in [-0.15, -0.1) is 0 Å². The Kier molecular flexibility index (Phi) is 3.85. The van der Waals surface area contributed by atoms with E-state index in [9.17, 15) is 5.11 Å². The quantitative estimate of drug-likeness (QED) is 0.900. The van der Waals surface area contributed by atoms with Crippen LogP contribution in [0.4, 0.5) is 5.69 Å². The van der Waals surface area contributed by atoms with Crippen LogP contribution in [-0.2, 0) is 0 Å². The van der Waals surface area contributed by atoms with Gasteiger partial charge in [-0.25, -0.2) is 0 Å². The van der Waals surface area contributed by atoms with E-state index in [0.717, 1.165) is 10.2 Å². The van der Waals surface area contributed by atoms with Crippen molar-refractivity contribution in [3.8, 4) is 6.07 Å². The standard InChI is InChI=1S/C13H17BrN2O/c1-12(2,13(3,4)17)16-11-6-5-9(8-15)7-10(11)14/h5-7,16-17H,1-4H3. The second kappa shape index (κ2) is 4.67. The molecule has 0 bridgehead atoms. The second-order valence-corrected chi connectivity index (χ2v) is 5.97. The first-order valence-electron chi connectivity index (χ1n) is 5.37. The highest BCUT2D eigenvalue weighted by Crippen LogP contribution is 2.30. The molecule has 0 aliphatic rings. The molecule has 4 heteroatoms. The van der Waals surface area contributed by atoms with Crippen LogP contribution in [0.5, 0.6) is 0 Å². The van der Waals surface area contributed by atoms with E-state index >= 15 is 0 Å². The van der Waals surface area contributed by atoms with E-state index in [1.165, 1.54) is 0 Å². The van der Waals surface area contributed by atoms with Crippen LogP contribution in [0.15, 0.2) is 22.7 Å². The largest absolute Gasteiger partial charge is 0.388 e. The summed E-state index contributed by atoms with van der Waals surface area (Å²) in [7, 11) is 0. The molecule has 0 aliphatic heterocycles. The van der Waals surface area contributed by atoms with Crippen molar-refractivity contribution in [1.82, 2.24) is 0 Å². The summed E-state index contributed by atoms with van der Waals surface area (Å²) in [5.74, 6) is 0. The highest BCUT2D eigenvalue weighted by atomic mass is 79.9. The van der Waals surface area contributed by atoms with Crippen molar-refractivity contribution in [2.45, 2.75) is 38.8 Å². The lowest BCUT2D eigenvalue weighted by Gasteiger charge is -2.39. The van der Waals surface area contributed by atoms with Crippen molar-refractivity contribution in [2.75, 3.05) is 5.32 Å². The number of nitriles is 1. The zero-order chi connectivity index (χ0) is 13.3. The van der Waals surface area contributed by atoms with Gasteiger partial charge in [-0.3, -0.25) is 0 Å². The fraction of sp³-hybridized carbons (Fsp3) is 0.462. The average Bonchev–Trinajstić information content (AvgIpc) is 2.19. The lowest BCUT2D eigenvalue weighted by atomic mass is 9.86. The summed E-state index contributed by atoms with van der Waals surface area (Å²) in [6.45, 7) is 7.38. The molecule has 0 heterocycles. The fourth-order valence-corrected chi connectivity index (χ4v) is 1.65. The van der Waals surface area contributed by atoms with E-state index in [4.69, 9.17) is 5.26 Å². The average molecular weight is 297 g/mol. The Hall–Kier alpha value is -1.05. The van der Waals surface area contributed by atoms with Gasteiger partial charge in [0.25, 0.3) is 0 Å². The maximum Gasteiger partial charge on any atom is 0.0992 e. The number of benzene rings is 1. The number of aliphatic hydroxyl groups is 1. The zero-order valence-corrected chi connectivity index (χ0v) is 12.1. The van der Waals surface area contributed by atoms with E-state index in [1.807, 2.05) is 19.9 Å². The zero-order valence-electron chi connectivity index (χ0n) is 10.5. The lowest BCUT2D eigenvalue weighted by Crippen LogP contribution is -2.51. The summed E-state index contributed by atoms with van der Waals surface area (Å²) < 4.78 is 0.814. The van der Waals surface area contributed by atoms with Crippen LogP contribution in [0.25, 0.3) is 0 Å². The highest BCUT2D eigenvalue weighted by molar-refractivity contribution is 9.10. The number of halogens is 1. The fourth-order valence-electron chi connectivity index (χ4n) is 1.18. The van der Waals surface area contributed by atoms with E-state index in [2.05, 4.69) is 27.3 Å². The van der Waals surface area contributed by atoms with Crippen molar-refractivity contribution < 1.29 is 5.11 Å². The molecule has 92 valence electrons. The number of hydrogen-bond acceptors (Lipinski definition) is 3. The molecule has 0 atom stereocenters. The van der Waals surface area contributed by atoms with E-state index in [0.29, 0.717) is 5.56 Å². The van der Waals surface area contributed by atoms with Crippen molar-refractivity contribution in [2.24, 2.45) is 0 Å². The number of hydrogen-bond donors (Lipinski definition) is 2. The molecule has 0 aliphatic carbocycles. The van der Waals surface area contributed by atoms with Gasteiger partial charge in [0.2, 0.25) is 0 Å². The number of anilines is 1. The monoisotopic (exact) mass is 296 g/mol. The third-order valence-electron chi connectivity index (χ3n) is 3.07. The van der Waals surface area contributed by atoms with Crippen LogP contribution < -0.4 is 5.32 Å². The molecule has 1 rings (SSSR count). The van der Waals surface area contributed by atoms with Crippen LogP contribution >= 0.6 is 15.9 Å². The van der Waals surface area contributed by atoms with E-state index in [-0.39, 0.29) is 0 Å². The van der Waals surface area contributed by atoms with Gasteiger partial charge in [-0.05, 0) is 61.8 Å². The predicted octanol–water partition coefficient (Wildman–Crippen LogP) is 3.28. The molecule has 0 unspecified atom stereocenters. The summed E-state index contributed by atoms with van der Waals surface area (Å²) in [6.07, 6.45) is 0. The number of nitrogens with one attached hydrogen (secondary N) is 1. The van der Waals surface area contributed by atoms with Gasteiger partial charge in [0, 0.05) is 10.2 Å². The van der Waals surface area contributed by atoms with Gasteiger partial charge >= 0.3 is 0 Å². The van der Waals surface area contributed by atoms with Crippen molar-refractivity contribution >= 4 is 21.6 Å². The molecule has 17 heavy (non-hydrogen) atoms. The molecule has 1 aromatic carbocycles.